The van der Waals surface area contributed by atoms with Crippen molar-refractivity contribution in [1.29, 1.82) is 0 Å². The SMILES string of the molecule is CNCC(=O)N1CCC(NC(N)=O)CC1. The Labute approximate surface area is 89.2 Å². The number of carbonyl (C=O) groups is 2. The molecule has 6 nitrogen and oxygen atoms in total. The summed E-state index contributed by atoms with van der Waals surface area (Å²) in [5.41, 5.74) is 5.02. The van der Waals surface area contributed by atoms with E-state index in [0.29, 0.717) is 19.6 Å². The van der Waals surface area contributed by atoms with Gasteiger partial charge in [0.15, 0.2) is 0 Å². The Bertz CT molecular complexity index is 236. The standard InChI is InChI=1S/C9H18N4O2/c1-11-6-8(14)13-4-2-7(3-5-13)12-9(10)15/h7,11H,2-6H2,1H3,(H3,10,12,15). The molecular weight excluding hydrogens is 196 g/mol. The number of urea groups is 1. The summed E-state index contributed by atoms with van der Waals surface area (Å²) in [6.45, 7) is 1.74. The molecule has 4 N–H and O–H groups in total. The highest BCUT2D eigenvalue weighted by atomic mass is 16.2. The Hall–Kier alpha value is -1.30. The fourth-order valence-electron chi connectivity index (χ4n) is 1.74. The van der Waals surface area contributed by atoms with Crippen LogP contribution in [-0.4, -0.2) is 49.6 Å². The second kappa shape index (κ2) is 5.55. The van der Waals surface area contributed by atoms with Crippen molar-refractivity contribution in [2.45, 2.75) is 18.9 Å². The number of nitrogens with one attached hydrogen (secondary N) is 2. The van der Waals surface area contributed by atoms with Crippen LogP contribution in [0.1, 0.15) is 12.8 Å². The van der Waals surface area contributed by atoms with Gasteiger partial charge in [0.25, 0.3) is 0 Å². The number of amides is 3. The van der Waals surface area contributed by atoms with E-state index in [1.807, 2.05) is 0 Å². The molecule has 86 valence electrons. The Balaban J connectivity index is 2.29. The van der Waals surface area contributed by atoms with Gasteiger partial charge in [0.1, 0.15) is 0 Å². The number of primary amides is 1. The number of piperidine rings is 1. The number of carbonyl (C=O) groups excluding carboxylic acids is 2. The molecule has 3 amide bonds. The molecule has 0 aromatic rings. The fourth-order valence-corrected chi connectivity index (χ4v) is 1.74. The third-order valence-corrected chi connectivity index (χ3v) is 2.52. The van der Waals surface area contributed by atoms with E-state index in [1.165, 1.54) is 0 Å². The van der Waals surface area contributed by atoms with E-state index in [4.69, 9.17) is 5.73 Å². The average molecular weight is 214 g/mol. The van der Waals surface area contributed by atoms with Crippen LogP contribution in [0.3, 0.4) is 0 Å². The van der Waals surface area contributed by atoms with E-state index in [9.17, 15) is 9.59 Å². The first kappa shape index (κ1) is 11.8. The van der Waals surface area contributed by atoms with Crippen molar-refractivity contribution in [2.24, 2.45) is 5.73 Å². The van der Waals surface area contributed by atoms with Gasteiger partial charge in [-0.1, -0.05) is 0 Å². The zero-order valence-electron chi connectivity index (χ0n) is 8.95. The Kier molecular flexibility index (Phi) is 4.36. The van der Waals surface area contributed by atoms with Crippen molar-refractivity contribution < 1.29 is 9.59 Å². The Morgan fingerprint density at radius 2 is 2.00 bits per heavy atom. The summed E-state index contributed by atoms with van der Waals surface area (Å²) in [5.74, 6) is 0.107. The van der Waals surface area contributed by atoms with Crippen LogP contribution in [0.15, 0.2) is 0 Å². The van der Waals surface area contributed by atoms with Gasteiger partial charge < -0.3 is 21.3 Å². The molecule has 6 heteroatoms. The van der Waals surface area contributed by atoms with Crippen molar-refractivity contribution >= 4 is 11.9 Å². The first-order valence-corrected chi connectivity index (χ1v) is 5.12. The largest absolute Gasteiger partial charge is 0.352 e. The van der Waals surface area contributed by atoms with Crippen LogP contribution < -0.4 is 16.4 Å². The molecule has 0 saturated carbocycles. The van der Waals surface area contributed by atoms with Crippen molar-refractivity contribution in [2.75, 3.05) is 26.7 Å². The summed E-state index contributed by atoms with van der Waals surface area (Å²) in [5, 5.41) is 5.49. The van der Waals surface area contributed by atoms with Crippen LogP contribution in [0, 0.1) is 0 Å². The first-order valence-electron chi connectivity index (χ1n) is 5.12. The minimum absolute atomic E-state index is 0.107. The Morgan fingerprint density at radius 1 is 1.40 bits per heavy atom. The predicted octanol–water partition coefficient (Wildman–Crippen LogP) is -1.13. The second-order valence-corrected chi connectivity index (χ2v) is 3.69. The number of rotatable bonds is 3. The van der Waals surface area contributed by atoms with Crippen LogP contribution in [0.5, 0.6) is 0 Å². The van der Waals surface area contributed by atoms with Gasteiger partial charge in [0, 0.05) is 19.1 Å². The van der Waals surface area contributed by atoms with Gasteiger partial charge in [0.05, 0.1) is 6.54 Å². The lowest BCUT2D eigenvalue weighted by atomic mass is 10.1. The molecule has 0 aromatic carbocycles. The van der Waals surface area contributed by atoms with Crippen LogP contribution in [-0.2, 0) is 4.79 Å². The molecular formula is C9H18N4O2. The molecule has 1 heterocycles. The summed E-state index contributed by atoms with van der Waals surface area (Å²) in [7, 11) is 1.75. The van der Waals surface area contributed by atoms with Gasteiger partial charge >= 0.3 is 6.03 Å². The van der Waals surface area contributed by atoms with E-state index >= 15 is 0 Å². The zero-order valence-corrected chi connectivity index (χ0v) is 8.95. The van der Waals surface area contributed by atoms with Gasteiger partial charge in [-0.05, 0) is 19.9 Å². The van der Waals surface area contributed by atoms with Gasteiger partial charge in [-0.3, -0.25) is 4.79 Å². The third kappa shape index (κ3) is 3.75. The van der Waals surface area contributed by atoms with Crippen molar-refractivity contribution in [3.05, 3.63) is 0 Å². The lowest BCUT2D eigenvalue weighted by Crippen LogP contribution is -2.49. The summed E-state index contributed by atoms with van der Waals surface area (Å²) in [6, 6.07) is -0.379. The van der Waals surface area contributed by atoms with E-state index in [1.54, 1.807) is 11.9 Å². The van der Waals surface area contributed by atoms with Crippen LogP contribution in [0.4, 0.5) is 4.79 Å². The number of likely N-dealkylation sites (tertiary alicyclic amines) is 1. The molecule has 0 aromatic heterocycles. The zero-order chi connectivity index (χ0) is 11.3. The maximum Gasteiger partial charge on any atom is 0.312 e. The lowest BCUT2D eigenvalue weighted by molar-refractivity contribution is -0.131. The molecule has 15 heavy (non-hydrogen) atoms. The van der Waals surface area contributed by atoms with Crippen molar-refractivity contribution in [3.8, 4) is 0 Å². The number of hydrogen-bond acceptors (Lipinski definition) is 3. The molecule has 0 spiro atoms. The molecule has 0 aliphatic carbocycles. The topological polar surface area (TPSA) is 87.5 Å². The maximum absolute atomic E-state index is 11.5. The van der Waals surface area contributed by atoms with E-state index in [2.05, 4.69) is 10.6 Å². The third-order valence-electron chi connectivity index (χ3n) is 2.52. The van der Waals surface area contributed by atoms with E-state index in [-0.39, 0.29) is 11.9 Å². The molecule has 0 radical (unpaired) electrons. The molecule has 1 aliphatic rings. The summed E-state index contributed by atoms with van der Waals surface area (Å²) in [4.78, 5) is 23.9. The van der Waals surface area contributed by atoms with Crippen molar-refractivity contribution in [3.63, 3.8) is 0 Å². The summed E-state index contributed by atoms with van der Waals surface area (Å²) < 4.78 is 0. The van der Waals surface area contributed by atoms with Gasteiger partial charge in [-0.15, -0.1) is 0 Å². The van der Waals surface area contributed by atoms with Crippen molar-refractivity contribution in [1.82, 2.24) is 15.5 Å². The van der Waals surface area contributed by atoms with Crippen LogP contribution >= 0.6 is 0 Å². The molecule has 0 atom stereocenters. The monoisotopic (exact) mass is 214 g/mol. The van der Waals surface area contributed by atoms with E-state index in [0.717, 1.165) is 12.8 Å². The minimum Gasteiger partial charge on any atom is -0.352 e. The molecule has 1 rings (SSSR count). The predicted molar refractivity (Wildman–Crippen MR) is 56.2 cm³/mol. The normalized spacial score (nSPS) is 17.5. The highest BCUT2D eigenvalue weighted by Crippen LogP contribution is 2.09. The van der Waals surface area contributed by atoms with Crippen LogP contribution in [0.25, 0.3) is 0 Å². The number of likely N-dealkylation sites (N-methyl/N-ethyl adjacent to an activating group) is 1. The molecule has 0 bridgehead atoms. The van der Waals surface area contributed by atoms with Gasteiger partial charge in [-0.25, -0.2) is 4.79 Å². The first-order chi connectivity index (χ1) is 7.13. The smallest absolute Gasteiger partial charge is 0.312 e. The Morgan fingerprint density at radius 3 is 2.47 bits per heavy atom. The second-order valence-electron chi connectivity index (χ2n) is 3.69. The lowest BCUT2D eigenvalue weighted by Gasteiger charge is -2.32. The molecule has 1 aliphatic heterocycles. The highest BCUT2D eigenvalue weighted by molar-refractivity contribution is 5.78. The average Bonchev–Trinajstić information content (AvgIpc) is 2.18. The van der Waals surface area contributed by atoms with Crippen LogP contribution in [0.2, 0.25) is 0 Å². The number of nitrogens with zero attached hydrogens (tertiary/aromatic N) is 1. The minimum atomic E-state index is -0.491. The fraction of sp³-hybridized carbons (Fsp3) is 0.778. The molecule has 1 saturated heterocycles. The number of nitrogens with two attached hydrogens (primary N) is 1. The van der Waals surface area contributed by atoms with E-state index < -0.39 is 6.03 Å². The summed E-state index contributed by atoms with van der Waals surface area (Å²) in [6.07, 6.45) is 1.55. The van der Waals surface area contributed by atoms with Gasteiger partial charge in [0.2, 0.25) is 5.91 Å². The number of hydrogen-bond donors (Lipinski definition) is 3. The summed E-state index contributed by atoms with van der Waals surface area (Å²) >= 11 is 0. The highest BCUT2D eigenvalue weighted by Gasteiger charge is 2.22. The van der Waals surface area contributed by atoms with Gasteiger partial charge in [-0.2, -0.15) is 0 Å². The maximum atomic E-state index is 11.5. The quantitative estimate of drug-likeness (QED) is 0.555. The molecule has 0 unspecified atom stereocenters. The molecule has 1 fully saturated rings.